The Labute approximate surface area is 87.8 Å². The summed E-state index contributed by atoms with van der Waals surface area (Å²) in [5, 5.41) is 18.1. The van der Waals surface area contributed by atoms with Crippen molar-refractivity contribution < 1.29 is 15.0 Å². The van der Waals surface area contributed by atoms with Crippen LogP contribution in [0.5, 0.6) is 5.75 Å². The molecule has 1 amide bonds. The van der Waals surface area contributed by atoms with Crippen LogP contribution in [0.25, 0.3) is 0 Å². The number of aliphatic hydroxyl groups excluding tert-OH is 1. The molecule has 1 aliphatic rings. The van der Waals surface area contributed by atoms with Gasteiger partial charge < -0.3 is 15.1 Å². The van der Waals surface area contributed by atoms with Crippen molar-refractivity contribution in [3.8, 4) is 5.75 Å². The van der Waals surface area contributed by atoms with Crippen LogP contribution in [-0.2, 0) is 4.79 Å². The lowest BCUT2D eigenvalue weighted by Gasteiger charge is -2.16. The summed E-state index contributed by atoms with van der Waals surface area (Å²) in [6.45, 7) is 0.598. The second-order valence-corrected chi connectivity index (χ2v) is 3.77. The molecule has 0 saturated carbocycles. The van der Waals surface area contributed by atoms with Crippen LogP contribution >= 0.6 is 0 Å². The van der Waals surface area contributed by atoms with E-state index in [0.717, 1.165) is 5.69 Å². The number of hydrogen-bond acceptors (Lipinski definition) is 3. The van der Waals surface area contributed by atoms with Crippen LogP contribution in [0.2, 0.25) is 0 Å². The van der Waals surface area contributed by atoms with Crippen LogP contribution < -0.4 is 4.90 Å². The van der Waals surface area contributed by atoms with Gasteiger partial charge in [-0.15, -0.1) is 0 Å². The van der Waals surface area contributed by atoms with Crippen LogP contribution in [0.1, 0.15) is 6.42 Å². The number of carbonyl (C=O) groups is 1. The molecule has 1 heterocycles. The predicted octanol–water partition coefficient (Wildman–Crippen LogP) is 0.737. The van der Waals surface area contributed by atoms with E-state index in [2.05, 4.69) is 0 Å². The van der Waals surface area contributed by atoms with Crippen molar-refractivity contribution in [3.63, 3.8) is 0 Å². The predicted molar refractivity (Wildman–Crippen MR) is 55.7 cm³/mol. The number of hydrogen-bond donors (Lipinski definition) is 2. The highest BCUT2D eigenvalue weighted by Crippen LogP contribution is 2.25. The monoisotopic (exact) mass is 207 g/mol. The third kappa shape index (κ3) is 1.94. The molecule has 2 N–H and O–H groups in total. The van der Waals surface area contributed by atoms with Gasteiger partial charge in [0.25, 0.3) is 0 Å². The number of carbonyl (C=O) groups excluding carboxylic acids is 1. The highest BCUT2D eigenvalue weighted by atomic mass is 16.3. The Morgan fingerprint density at radius 1 is 1.33 bits per heavy atom. The van der Waals surface area contributed by atoms with Crippen molar-refractivity contribution in [1.29, 1.82) is 0 Å². The molecule has 1 atom stereocenters. The van der Waals surface area contributed by atoms with Crippen LogP contribution in [0.4, 0.5) is 5.69 Å². The lowest BCUT2D eigenvalue weighted by atomic mass is 10.1. The summed E-state index contributed by atoms with van der Waals surface area (Å²) >= 11 is 0. The van der Waals surface area contributed by atoms with E-state index in [0.29, 0.717) is 13.0 Å². The normalized spacial score (nSPS) is 21.0. The van der Waals surface area contributed by atoms with E-state index >= 15 is 0 Å². The fraction of sp³-hybridized carbons (Fsp3) is 0.364. The maximum absolute atomic E-state index is 11.6. The average Bonchev–Trinajstić information content (AvgIpc) is 2.61. The van der Waals surface area contributed by atoms with Crippen molar-refractivity contribution in [2.75, 3.05) is 18.1 Å². The number of anilines is 1. The second-order valence-electron chi connectivity index (χ2n) is 3.77. The first-order chi connectivity index (χ1) is 7.20. The lowest BCUT2D eigenvalue weighted by molar-refractivity contribution is -0.117. The Kier molecular flexibility index (Phi) is 2.60. The van der Waals surface area contributed by atoms with Crippen molar-refractivity contribution in [1.82, 2.24) is 0 Å². The van der Waals surface area contributed by atoms with E-state index in [1.54, 1.807) is 29.2 Å². The van der Waals surface area contributed by atoms with Gasteiger partial charge in [-0.2, -0.15) is 0 Å². The summed E-state index contributed by atoms with van der Waals surface area (Å²) in [6, 6.07) is 6.50. The number of rotatable bonds is 2. The minimum Gasteiger partial charge on any atom is -0.508 e. The average molecular weight is 207 g/mol. The summed E-state index contributed by atoms with van der Waals surface area (Å²) in [5.74, 6) is 0.246. The fourth-order valence-corrected chi connectivity index (χ4v) is 1.79. The maximum atomic E-state index is 11.6. The van der Waals surface area contributed by atoms with Gasteiger partial charge in [-0.1, -0.05) is 0 Å². The van der Waals surface area contributed by atoms with Crippen LogP contribution in [0.15, 0.2) is 24.3 Å². The number of phenols is 1. The Balaban J connectivity index is 2.18. The van der Waals surface area contributed by atoms with Crippen molar-refractivity contribution in [2.45, 2.75) is 6.42 Å². The second kappa shape index (κ2) is 3.90. The molecule has 1 aromatic rings. The number of benzene rings is 1. The SMILES string of the molecule is O=C1CC(CO)CN1c1ccc(O)cc1. The molecule has 80 valence electrons. The molecule has 0 aliphatic carbocycles. The minimum absolute atomic E-state index is 0.0275. The number of aliphatic hydroxyl groups is 1. The molecule has 4 heteroatoms. The van der Waals surface area contributed by atoms with E-state index in [9.17, 15) is 4.79 Å². The zero-order valence-electron chi connectivity index (χ0n) is 8.26. The summed E-state index contributed by atoms with van der Waals surface area (Å²) in [7, 11) is 0. The highest BCUT2D eigenvalue weighted by molar-refractivity contribution is 5.95. The van der Waals surface area contributed by atoms with Crippen LogP contribution in [-0.4, -0.2) is 29.3 Å². The standard InChI is InChI=1S/C11H13NO3/c13-7-8-5-11(15)12(6-8)9-1-3-10(14)4-2-9/h1-4,8,13-14H,5-7H2. The summed E-state index contributed by atoms with van der Waals surface area (Å²) in [6.07, 6.45) is 0.400. The number of phenolic OH excluding ortho intramolecular Hbond substituents is 1. The van der Waals surface area contributed by atoms with Gasteiger partial charge in [-0.3, -0.25) is 4.79 Å². The molecule has 2 rings (SSSR count). The third-order valence-electron chi connectivity index (χ3n) is 2.62. The van der Waals surface area contributed by atoms with Gasteiger partial charge in [0.15, 0.2) is 0 Å². The van der Waals surface area contributed by atoms with E-state index in [1.165, 1.54) is 0 Å². The first-order valence-electron chi connectivity index (χ1n) is 4.91. The molecule has 4 nitrogen and oxygen atoms in total. The van der Waals surface area contributed by atoms with Gasteiger partial charge in [0, 0.05) is 31.2 Å². The topological polar surface area (TPSA) is 60.8 Å². The van der Waals surface area contributed by atoms with E-state index < -0.39 is 0 Å². The number of nitrogens with zero attached hydrogens (tertiary/aromatic N) is 1. The minimum atomic E-state index is 0.0275. The van der Waals surface area contributed by atoms with Crippen LogP contribution in [0.3, 0.4) is 0 Å². The quantitative estimate of drug-likeness (QED) is 0.751. The van der Waals surface area contributed by atoms with Crippen molar-refractivity contribution >= 4 is 11.6 Å². The Morgan fingerprint density at radius 2 is 2.00 bits per heavy atom. The summed E-state index contributed by atoms with van der Waals surface area (Å²) in [4.78, 5) is 13.2. The van der Waals surface area contributed by atoms with E-state index in [4.69, 9.17) is 10.2 Å². The molecule has 1 aliphatic heterocycles. The molecule has 1 unspecified atom stereocenters. The maximum Gasteiger partial charge on any atom is 0.227 e. The van der Waals surface area contributed by atoms with Gasteiger partial charge in [0.1, 0.15) is 5.75 Å². The summed E-state index contributed by atoms with van der Waals surface area (Å²) in [5.41, 5.74) is 0.772. The van der Waals surface area contributed by atoms with Crippen LogP contribution in [0, 0.1) is 5.92 Å². The molecule has 1 fully saturated rings. The molecule has 0 spiro atoms. The molecule has 1 aromatic carbocycles. The zero-order chi connectivity index (χ0) is 10.8. The first kappa shape index (κ1) is 9.98. The first-order valence-corrected chi connectivity index (χ1v) is 4.91. The lowest BCUT2D eigenvalue weighted by Crippen LogP contribution is -2.24. The zero-order valence-corrected chi connectivity index (χ0v) is 8.26. The summed E-state index contributed by atoms with van der Waals surface area (Å²) < 4.78 is 0. The molecular weight excluding hydrogens is 194 g/mol. The van der Waals surface area contributed by atoms with Crippen molar-refractivity contribution in [3.05, 3.63) is 24.3 Å². The van der Waals surface area contributed by atoms with Gasteiger partial charge in [-0.05, 0) is 24.3 Å². The molecule has 0 bridgehead atoms. The molecule has 1 saturated heterocycles. The Morgan fingerprint density at radius 3 is 2.53 bits per heavy atom. The highest BCUT2D eigenvalue weighted by Gasteiger charge is 2.29. The van der Waals surface area contributed by atoms with E-state index in [-0.39, 0.29) is 24.2 Å². The fourth-order valence-electron chi connectivity index (χ4n) is 1.79. The molecular formula is C11H13NO3. The van der Waals surface area contributed by atoms with Gasteiger partial charge in [-0.25, -0.2) is 0 Å². The largest absolute Gasteiger partial charge is 0.508 e. The molecule has 15 heavy (non-hydrogen) atoms. The van der Waals surface area contributed by atoms with E-state index in [1.807, 2.05) is 0 Å². The van der Waals surface area contributed by atoms with Crippen molar-refractivity contribution in [2.24, 2.45) is 5.92 Å². The van der Waals surface area contributed by atoms with Gasteiger partial charge in [0.2, 0.25) is 5.91 Å². The number of aromatic hydroxyl groups is 1. The Bertz CT molecular complexity index is 361. The van der Waals surface area contributed by atoms with Gasteiger partial charge >= 0.3 is 0 Å². The Hall–Kier alpha value is -1.55. The third-order valence-corrected chi connectivity index (χ3v) is 2.62. The van der Waals surface area contributed by atoms with Gasteiger partial charge in [0.05, 0.1) is 0 Å². The smallest absolute Gasteiger partial charge is 0.227 e. The molecule has 0 radical (unpaired) electrons. The molecule has 0 aromatic heterocycles. The number of amides is 1.